The Morgan fingerprint density at radius 3 is 2.75 bits per heavy atom. The van der Waals surface area contributed by atoms with Gasteiger partial charge in [0.2, 0.25) is 0 Å². The number of carbonyl (C=O) groups excluding carboxylic acids is 1. The number of methoxy groups -OCH3 is 2. The van der Waals surface area contributed by atoms with E-state index in [0.717, 1.165) is 12.8 Å². The normalized spacial score (nSPS) is 18.8. The summed E-state index contributed by atoms with van der Waals surface area (Å²) in [6, 6.07) is 3.17. The summed E-state index contributed by atoms with van der Waals surface area (Å²) < 4.78 is 10.3. The molecular weight excluding hydrogens is 282 g/mol. The van der Waals surface area contributed by atoms with Gasteiger partial charge in [-0.1, -0.05) is 11.6 Å². The molecule has 1 N–H and O–H groups in total. The smallest absolute Gasteiger partial charge is 0.254 e. The zero-order chi connectivity index (χ0) is 14.7. The van der Waals surface area contributed by atoms with Crippen molar-refractivity contribution in [2.24, 2.45) is 0 Å². The van der Waals surface area contributed by atoms with Gasteiger partial charge in [0.25, 0.3) is 5.91 Å². The molecule has 1 saturated heterocycles. The van der Waals surface area contributed by atoms with Gasteiger partial charge in [-0.25, -0.2) is 0 Å². The first kappa shape index (κ1) is 14.9. The molecule has 1 atom stereocenters. The van der Waals surface area contributed by atoms with Crippen molar-refractivity contribution in [1.29, 1.82) is 0 Å². The highest BCUT2D eigenvalue weighted by Gasteiger charge is 2.24. The minimum absolute atomic E-state index is 0.161. The molecule has 1 aromatic carbocycles. The molecule has 1 aliphatic heterocycles. The second-order valence-corrected chi connectivity index (χ2v) is 5.15. The fraction of sp³-hybridized carbons (Fsp3) is 0.500. The molecular formula is C14H18ClNO4. The highest BCUT2D eigenvalue weighted by Crippen LogP contribution is 2.36. The largest absolute Gasteiger partial charge is 0.493 e. The van der Waals surface area contributed by atoms with Crippen molar-refractivity contribution in [3.63, 3.8) is 0 Å². The number of halogens is 1. The molecule has 1 aromatic rings. The Hall–Kier alpha value is -1.46. The van der Waals surface area contributed by atoms with E-state index in [-0.39, 0.29) is 5.91 Å². The lowest BCUT2D eigenvalue weighted by atomic mass is 10.1. The Labute approximate surface area is 123 Å². The molecule has 0 aliphatic carbocycles. The number of likely N-dealkylation sites (tertiary alicyclic amines) is 1. The van der Waals surface area contributed by atoms with E-state index in [4.69, 9.17) is 21.1 Å². The third-order valence-electron chi connectivity index (χ3n) is 3.36. The number of β-amino-alcohol motifs (C(OH)–C–C–N with tert-alkyl or cyclic N) is 1. The number of hydrogen-bond acceptors (Lipinski definition) is 4. The molecule has 1 amide bonds. The molecule has 1 heterocycles. The van der Waals surface area contributed by atoms with Crippen LogP contribution in [0.3, 0.4) is 0 Å². The van der Waals surface area contributed by atoms with Crippen LogP contribution in [0.2, 0.25) is 5.02 Å². The molecule has 1 fully saturated rings. The lowest BCUT2D eigenvalue weighted by Crippen LogP contribution is -2.42. The maximum atomic E-state index is 12.4. The summed E-state index contributed by atoms with van der Waals surface area (Å²) in [4.78, 5) is 14.1. The number of rotatable bonds is 3. The highest BCUT2D eigenvalue weighted by molar-refractivity contribution is 6.32. The number of aliphatic hydroxyl groups is 1. The van der Waals surface area contributed by atoms with E-state index in [2.05, 4.69) is 0 Å². The van der Waals surface area contributed by atoms with Crippen molar-refractivity contribution in [2.45, 2.75) is 18.9 Å². The molecule has 0 saturated carbocycles. The van der Waals surface area contributed by atoms with Crippen LogP contribution in [0.5, 0.6) is 11.5 Å². The molecule has 0 spiro atoms. The van der Waals surface area contributed by atoms with E-state index in [0.29, 0.717) is 35.2 Å². The second kappa shape index (κ2) is 6.33. The topological polar surface area (TPSA) is 59.0 Å². The van der Waals surface area contributed by atoms with Crippen LogP contribution in [0.25, 0.3) is 0 Å². The SMILES string of the molecule is COc1cc(C(=O)N2CCC[C@H](O)C2)cc(Cl)c1OC. The molecule has 5 nitrogen and oxygen atoms in total. The van der Waals surface area contributed by atoms with Crippen LogP contribution >= 0.6 is 11.6 Å². The van der Waals surface area contributed by atoms with Gasteiger partial charge in [0, 0.05) is 18.7 Å². The summed E-state index contributed by atoms with van der Waals surface area (Å²) in [6.45, 7) is 0.993. The van der Waals surface area contributed by atoms with Crippen LogP contribution in [0, 0.1) is 0 Å². The number of carbonyl (C=O) groups is 1. The van der Waals surface area contributed by atoms with Crippen LogP contribution in [-0.2, 0) is 0 Å². The van der Waals surface area contributed by atoms with Gasteiger partial charge in [-0.3, -0.25) is 4.79 Å². The van der Waals surface area contributed by atoms with Crippen molar-refractivity contribution in [2.75, 3.05) is 27.3 Å². The van der Waals surface area contributed by atoms with E-state index in [1.807, 2.05) is 0 Å². The minimum atomic E-state index is -0.455. The Balaban J connectivity index is 2.28. The van der Waals surface area contributed by atoms with E-state index >= 15 is 0 Å². The average molecular weight is 300 g/mol. The molecule has 0 unspecified atom stereocenters. The summed E-state index contributed by atoms with van der Waals surface area (Å²) in [7, 11) is 2.99. The molecule has 1 aliphatic rings. The molecule has 0 aromatic heterocycles. The monoisotopic (exact) mass is 299 g/mol. The molecule has 20 heavy (non-hydrogen) atoms. The summed E-state index contributed by atoms with van der Waals surface area (Å²) in [5.74, 6) is 0.664. The van der Waals surface area contributed by atoms with Crippen LogP contribution < -0.4 is 9.47 Å². The van der Waals surface area contributed by atoms with Gasteiger partial charge in [-0.2, -0.15) is 0 Å². The van der Waals surface area contributed by atoms with Gasteiger partial charge in [0.1, 0.15) is 0 Å². The Bertz CT molecular complexity index is 506. The van der Waals surface area contributed by atoms with Gasteiger partial charge in [-0.15, -0.1) is 0 Å². The number of hydrogen-bond donors (Lipinski definition) is 1. The predicted octanol–water partition coefficient (Wildman–Crippen LogP) is 1.95. The van der Waals surface area contributed by atoms with Gasteiger partial charge in [-0.05, 0) is 25.0 Å². The zero-order valence-corrected chi connectivity index (χ0v) is 12.3. The predicted molar refractivity (Wildman–Crippen MR) is 75.7 cm³/mol. The number of ether oxygens (including phenoxy) is 2. The van der Waals surface area contributed by atoms with Crippen molar-refractivity contribution in [1.82, 2.24) is 4.90 Å². The summed E-state index contributed by atoms with van der Waals surface area (Å²) >= 11 is 6.10. The molecule has 6 heteroatoms. The lowest BCUT2D eigenvalue weighted by molar-refractivity contribution is 0.0473. The fourth-order valence-electron chi connectivity index (χ4n) is 2.36. The van der Waals surface area contributed by atoms with Crippen LogP contribution in [0.15, 0.2) is 12.1 Å². The maximum Gasteiger partial charge on any atom is 0.254 e. The standard InChI is InChI=1S/C14H18ClNO4/c1-19-12-7-9(6-11(15)13(12)20-2)14(18)16-5-3-4-10(17)8-16/h6-7,10,17H,3-5,8H2,1-2H3/t10-/m0/s1. The molecule has 110 valence electrons. The summed E-state index contributed by atoms with van der Waals surface area (Å²) in [5.41, 5.74) is 0.432. The number of piperidine rings is 1. The maximum absolute atomic E-state index is 12.4. The molecule has 2 rings (SSSR count). The van der Waals surface area contributed by atoms with Gasteiger partial charge in [0.15, 0.2) is 11.5 Å². The number of amides is 1. The average Bonchev–Trinajstić information content (AvgIpc) is 2.45. The third-order valence-corrected chi connectivity index (χ3v) is 3.64. The van der Waals surface area contributed by atoms with Crippen molar-refractivity contribution >= 4 is 17.5 Å². The van der Waals surface area contributed by atoms with Crippen LogP contribution in [-0.4, -0.2) is 49.3 Å². The van der Waals surface area contributed by atoms with Crippen molar-refractivity contribution in [3.05, 3.63) is 22.7 Å². The molecule has 0 bridgehead atoms. The van der Waals surface area contributed by atoms with E-state index in [1.54, 1.807) is 17.0 Å². The minimum Gasteiger partial charge on any atom is -0.493 e. The number of nitrogens with zero attached hydrogens (tertiary/aromatic N) is 1. The Morgan fingerprint density at radius 2 is 2.15 bits per heavy atom. The van der Waals surface area contributed by atoms with Crippen LogP contribution in [0.1, 0.15) is 23.2 Å². The number of aliphatic hydroxyl groups excluding tert-OH is 1. The summed E-state index contributed by atoms with van der Waals surface area (Å²) in [5, 5.41) is 9.97. The van der Waals surface area contributed by atoms with Crippen molar-refractivity contribution < 1.29 is 19.4 Å². The van der Waals surface area contributed by atoms with E-state index < -0.39 is 6.10 Å². The highest BCUT2D eigenvalue weighted by atomic mass is 35.5. The first-order valence-corrected chi connectivity index (χ1v) is 6.83. The zero-order valence-electron chi connectivity index (χ0n) is 11.6. The number of benzene rings is 1. The van der Waals surface area contributed by atoms with Gasteiger partial charge in [0.05, 0.1) is 25.3 Å². The molecule has 0 radical (unpaired) electrons. The van der Waals surface area contributed by atoms with Crippen LogP contribution in [0.4, 0.5) is 0 Å². The first-order valence-electron chi connectivity index (χ1n) is 6.45. The second-order valence-electron chi connectivity index (χ2n) is 4.74. The summed E-state index contributed by atoms with van der Waals surface area (Å²) in [6.07, 6.45) is 1.08. The van der Waals surface area contributed by atoms with Crippen molar-refractivity contribution in [3.8, 4) is 11.5 Å². The quantitative estimate of drug-likeness (QED) is 0.927. The lowest BCUT2D eigenvalue weighted by Gasteiger charge is -2.30. The fourth-order valence-corrected chi connectivity index (χ4v) is 2.65. The Kier molecular flexibility index (Phi) is 4.73. The third kappa shape index (κ3) is 2.99. The van der Waals surface area contributed by atoms with E-state index in [9.17, 15) is 9.90 Å². The van der Waals surface area contributed by atoms with Gasteiger partial charge < -0.3 is 19.5 Å². The van der Waals surface area contributed by atoms with Gasteiger partial charge >= 0.3 is 0 Å². The Morgan fingerprint density at radius 1 is 1.40 bits per heavy atom. The van der Waals surface area contributed by atoms with E-state index in [1.165, 1.54) is 14.2 Å². The first-order chi connectivity index (χ1) is 9.56.